The molecule has 36 heavy (non-hydrogen) atoms. The van der Waals surface area contributed by atoms with Crippen molar-refractivity contribution in [1.29, 1.82) is 0 Å². The average Bonchev–Trinajstić information content (AvgIpc) is 3.35. The zero-order chi connectivity index (χ0) is 25.3. The molecule has 0 amide bonds. The summed E-state index contributed by atoms with van der Waals surface area (Å²) in [4.78, 5) is 26.2. The molecule has 1 saturated heterocycles. The lowest BCUT2D eigenvalue weighted by Crippen LogP contribution is -2.42. The molecule has 0 spiro atoms. The molecule has 3 heterocycles. The third-order valence-electron chi connectivity index (χ3n) is 6.15. The van der Waals surface area contributed by atoms with Crippen LogP contribution in [-0.2, 0) is 24.1 Å². The largest absolute Gasteiger partial charge is 0.573 e. The van der Waals surface area contributed by atoms with Crippen LogP contribution in [0.2, 0.25) is 0 Å². The van der Waals surface area contributed by atoms with Crippen LogP contribution >= 0.6 is 0 Å². The lowest BCUT2D eigenvalue weighted by Gasteiger charge is -2.24. The van der Waals surface area contributed by atoms with Gasteiger partial charge in [0.05, 0.1) is 24.9 Å². The van der Waals surface area contributed by atoms with Gasteiger partial charge in [-0.1, -0.05) is 0 Å². The highest BCUT2D eigenvalue weighted by molar-refractivity contribution is 5.61. The molecule has 1 aliphatic heterocycles. The van der Waals surface area contributed by atoms with Crippen molar-refractivity contribution in [2.24, 2.45) is 0 Å². The van der Waals surface area contributed by atoms with Gasteiger partial charge >= 0.3 is 6.36 Å². The summed E-state index contributed by atoms with van der Waals surface area (Å²) in [6.45, 7) is 2.39. The molecule has 12 heteroatoms. The van der Waals surface area contributed by atoms with E-state index in [1.54, 1.807) is 22.9 Å². The van der Waals surface area contributed by atoms with Crippen LogP contribution in [0.4, 0.5) is 24.7 Å². The van der Waals surface area contributed by atoms with Gasteiger partial charge < -0.3 is 24.7 Å². The molecule has 1 aromatic carbocycles. The first-order chi connectivity index (χ1) is 17.3. The number of benzene rings is 1. The number of anilines is 2. The second-order valence-electron chi connectivity index (χ2n) is 8.62. The Hall–Kier alpha value is -3.64. The molecular weight excluding hydrogens is 479 g/mol. The Bertz CT molecular complexity index is 1360. The van der Waals surface area contributed by atoms with Gasteiger partial charge in [0.1, 0.15) is 11.4 Å². The zero-order valence-electron chi connectivity index (χ0n) is 19.2. The maximum absolute atomic E-state index is 13.1. The van der Waals surface area contributed by atoms with Crippen molar-refractivity contribution in [2.75, 3.05) is 25.0 Å². The number of nitrogens with zero attached hydrogens (tertiary/aromatic N) is 3. The Morgan fingerprint density at radius 3 is 2.61 bits per heavy atom. The van der Waals surface area contributed by atoms with Crippen LogP contribution in [0.5, 0.6) is 5.75 Å². The number of rotatable bonds is 6. The maximum atomic E-state index is 13.1. The molecule has 190 valence electrons. The third kappa shape index (κ3) is 5.14. The molecule has 0 radical (unpaired) electrons. The summed E-state index contributed by atoms with van der Waals surface area (Å²) >= 11 is 0. The fraction of sp³-hybridized carbons (Fsp3) is 0.375. The minimum atomic E-state index is -4.82. The SMILES string of the molecule is O=c1c(Nc2nn(-c3ccc(OC(F)(F)F)cc3)c(=O)c3c2CCC3)cccn1C[C@@H]1CNCCO1. The number of hydrogen-bond acceptors (Lipinski definition) is 7. The molecule has 0 unspecified atom stereocenters. The molecule has 3 aromatic rings. The fourth-order valence-electron chi connectivity index (χ4n) is 4.50. The predicted molar refractivity (Wildman–Crippen MR) is 125 cm³/mol. The van der Waals surface area contributed by atoms with Crippen molar-refractivity contribution < 1.29 is 22.6 Å². The van der Waals surface area contributed by atoms with Crippen LogP contribution in [0.15, 0.2) is 52.2 Å². The molecule has 1 fully saturated rings. The first-order valence-electron chi connectivity index (χ1n) is 11.6. The Morgan fingerprint density at radius 1 is 1.11 bits per heavy atom. The van der Waals surface area contributed by atoms with Gasteiger partial charge in [-0.15, -0.1) is 18.3 Å². The van der Waals surface area contributed by atoms with Gasteiger partial charge in [0.25, 0.3) is 11.1 Å². The van der Waals surface area contributed by atoms with Crippen LogP contribution in [0, 0.1) is 0 Å². The number of pyridine rings is 1. The monoisotopic (exact) mass is 503 g/mol. The van der Waals surface area contributed by atoms with Crippen molar-refractivity contribution in [2.45, 2.75) is 38.3 Å². The summed E-state index contributed by atoms with van der Waals surface area (Å²) in [5.74, 6) is -0.0380. The molecule has 1 atom stereocenters. The Morgan fingerprint density at radius 2 is 1.89 bits per heavy atom. The topological polar surface area (TPSA) is 99.4 Å². The van der Waals surface area contributed by atoms with E-state index in [-0.39, 0.29) is 22.9 Å². The normalized spacial score (nSPS) is 17.6. The van der Waals surface area contributed by atoms with E-state index in [0.717, 1.165) is 35.3 Å². The van der Waals surface area contributed by atoms with Crippen molar-refractivity contribution in [3.8, 4) is 11.4 Å². The Labute approximate surface area is 203 Å². The summed E-state index contributed by atoms with van der Waals surface area (Å²) in [7, 11) is 0. The predicted octanol–water partition coefficient (Wildman–Crippen LogP) is 2.51. The van der Waals surface area contributed by atoms with E-state index in [9.17, 15) is 22.8 Å². The Kier molecular flexibility index (Phi) is 6.54. The van der Waals surface area contributed by atoms with Crippen molar-refractivity contribution in [3.05, 3.63) is 74.4 Å². The van der Waals surface area contributed by atoms with E-state index in [4.69, 9.17) is 4.74 Å². The van der Waals surface area contributed by atoms with Gasteiger partial charge in [-0.2, -0.15) is 4.68 Å². The number of fused-ring (bicyclic) bond motifs is 1. The molecule has 2 aliphatic rings. The number of alkyl halides is 3. The first-order valence-corrected chi connectivity index (χ1v) is 11.6. The fourth-order valence-corrected chi connectivity index (χ4v) is 4.50. The van der Waals surface area contributed by atoms with Gasteiger partial charge in [-0.3, -0.25) is 9.59 Å². The number of hydrogen-bond donors (Lipinski definition) is 2. The third-order valence-corrected chi connectivity index (χ3v) is 6.15. The van der Waals surface area contributed by atoms with Gasteiger partial charge in [0, 0.05) is 30.4 Å². The molecule has 1 aliphatic carbocycles. The highest BCUT2D eigenvalue weighted by atomic mass is 19.4. The number of halogens is 3. The van der Waals surface area contributed by atoms with Gasteiger partial charge in [0.2, 0.25) is 0 Å². The van der Waals surface area contributed by atoms with Gasteiger partial charge in [-0.25, -0.2) is 0 Å². The maximum Gasteiger partial charge on any atom is 0.573 e. The standard InChI is InChI=1S/C24H24F3N5O4/c25-24(26,27)36-16-8-6-15(7-9-16)32-22(33)19-4-1-3-18(19)21(30-32)29-20-5-2-11-31(23(20)34)14-17-13-28-10-12-35-17/h2,5-9,11,17,28H,1,3-4,10,12-14H2,(H,29,30)/t17-/m0/s1. The van der Waals surface area contributed by atoms with Crippen LogP contribution in [-0.4, -0.2) is 46.5 Å². The number of aromatic nitrogens is 3. The number of nitrogens with one attached hydrogen (secondary N) is 2. The second-order valence-corrected chi connectivity index (χ2v) is 8.62. The summed E-state index contributed by atoms with van der Waals surface area (Å²) in [6, 6.07) is 8.28. The highest BCUT2D eigenvalue weighted by Crippen LogP contribution is 2.28. The van der Waals surface area contributed by atoms with E-state index < -0.39 is 12.1 Å². The quantitative estimate of drug-likeness (QED) is 0.533. The molecule has 2 N–H and O–H groups in total. The van der Waals surface area contributed by atoms with Crippen LogP contribution in [0.25, 0.3) is 5.69 Å². The summed E-state index contributed by atoms with van der Waals surface area (Å²) in [5.41, 5.74) is 1.28. The summed E-state index contributed by atoms with van der Waals surface area (Å²) < 4.78 is 49.8. The smallest absolute Gasteiger partial charge is 0.406 e. The van der Waals surface area contributed by atoms with Crippen LogP contribution in [0.3, 0.4) is 0 Å². The van der Waals surface area contributed by atoms with E-state index in [1.165, 1.54) is 12.1 Å². The van der Waals surface area contributed by atoms with Crippen LogP contribution in [0.1, 0.15) is 17.5 Å². The van der Waals surface area contributed by atoms with E-state index >= 15 is 0 Å². The molecule has 2 aromatic heterocycles. The second kappa shape index (κ2) is 9.78. The molecule has 0 bridgehead atoms. The average molecular weight is 503 g/mol. The van der Waals surface area contributed by atoms with E-state index in [0.29, 0.717) is 49.6 Å². The highest BCUT2D eigenvalue weighted by Gasteiger charge is 2.31. The lowest BCUT2D eigenvalue weighted by atomic mass is 10.2. The van der Waals surface area contributed by atoms with Crippen molar-refractivity contribution in [3.63, 3.8) is 0 Å². The van der Waals surface area contributed by atoms with Gasteiger partial charge in [-0.05, 0) is 55.7 Å². The molecule has 0 saturated carbocycles. The van der Waals surface area contributed by atoms with Crippen molar-refractivity contribution in [1.82, 2.24) is 19.7 Å². The molecular formula is C24H24F3N5O4. The van der Waals surface area contributed by atoms with E-state index in [1.807, 2.05) is 0 Å². The van der Waals surface area contributed by atoms with E-state index in [2.05, 4.69) is 20.5 Å². The minimum absolute atomic E-state index is 0.125. The number of ether oxygens (including phenoxy) is 2. The summed E-state index contributed by atoms with van der Waals surface area (Å²) in [6.07, 6.45) is -1.32. The molecule has 9 nitrogen and oxygen atoms in total. The van der Waals surface area contributed by atoms with Gasteiger partial charge in [0.15, 0.2) is 5.82 Å². The van der Waals surface area contributed by atoms with Crippen molar-refractivity contribution >= 4 is 11.5 Å². The number of morpholine rings is 1. The minimum Gasteiger partial charge on any atom is -0.406 e. The first kappa shape index (κ1) is 24.1. The Balaban J connectivity index is 1.46. The zero-order valence-corrected chi connectivity index (χ0v) is 19.2. The molecule has 5 rings (SSSR count). The summed E-state index contributed by atoms with van der Waals surface area (Å²) in [5, 5.41) is 10.8. The van der Waals surface area contributed by atoms with Crippen LogP contribution < -0.4 is 26.5 Å². The lowest BCUT2D eigenvalue weighted by molar-refractivity contribution is -0.274.